The fraction of sp³-hybridized carbons (Fsp3) is 0.667. The van der Waals surface area contributed by atoms with Crippen LogP contribution < -0.4 is 16.1 Å². The lowest BCUT2D eigenvalue weighted by molar-refractivity contribution is 0.549. The molecule has 2 aromatic heterocycles. The lowest BCUT2D eigenvalue weighted by Gasteiger charge is -2.28. The number of hydrogen-bond acceptors (Lipinski definition) is 4. The van der Waals surface area contributed by atoms with Crippen molar-refractivity contribution >= 4 is 17.1 Å². The molecule has 0 spiro atoms. The van der Waals surface area contributed by atoms with Crippen molar-refractivity contribution in [3.63, 3.8) is 0 Å². The summed E-state index contributed by atoms with van der Waals surface area (Å²) in [5, 5.41) is 0. The quantitative estimate of drug-likeness (QED) is 0.921. The molecule has 1 aliphatic rings. The maximum atomic E-state index is 12.3. The minimum atomic E-state index is -0.414. The average Bonchev–Trinajstić information content (AvgIpc) is 2.91. The van der Waals surface area contributed by atoms with E-state index in [1.807, 2.05) is 4.57 Å². The molecule has 22 heavy (non-hydrogen) atoms. The second-order valence-electron chi connectivity index (χ2n) is 5.96. The van der Waals surface area contributed by atoms with Crippen molar-refractivity contribution in [2.75, 3.05) is 18.0 Å². The van der Waals surface area contributed by atoms with Crippen LogP contribution in [0, 0.1) is 0 Å². The van der Waals surface area contributed by atoms with Gasteiger partial charge in [-0.2, -0.15) is 4.98 Å². The van der Waals surface area contributed by atoms with Gasteiger partial charge in [-0.3, -0.25) is 14.3 Å². The highest BCUT2D eigenvalue weighted by molar-refractivity contribution is 5.74. The lowest BCUT2D eigenvalue weighted by atomic mass is 10.1. The van der Waals surface area contributed by atoms with Gasteiger partial charge in [0.2, 0.25) is 5.95 Å². The Kier molecular flexibility index (Phi) is 4.04. The zero-order valence-corrected chi connectivity index (χ0v) is 13.3. The molecule has 3 rings (SSSR count). The number of aromatic nitrogens is 4. The predicted octanol–water partition coefficient (Wildman–Crippen LogP) is 1.21. The molecule has 0 aliphatic carbocycles. The van der Waals surface area contributed by atoms with Crippen LogP contribution in [-0.2, 0) is 13.6 Å². The van der Waals surface area contributed by atoms with Gasteiger partial charge in [-0.05, 0) is 25.7 Å². The normalized spacial score (nSPS) is 15.6. The Morgan fingerprint density at radius 2 is 1.91 bits per heavy atom. The van der Waals surface area contributed by atoms with Crippen LogP contribution in [0.5, 0.6) is 0 Å². The van der Waals surface area contributed by atoms with Crippen LogP contribution in [0.25, 0.3) is 11.2 Å². The zero-order chi connectivity index (χ0) is 15.7. The van der Waals surface area contributed by atoms with Crippen molar-refractivity contribution in [1.82, 2.24) is 19.1 Å². The smallest absolute Gasteiger partial charge is 0.329 e. The molecule has 0 radical (unpaired) electrons. The van der Waals surface area contributed by atoms with Gasteiger partial charge in [0, 0.05) is 26.7 Å². The summed E-state index contributed by atoms with van der Waals surface area (Å²) >= 11 is 0. The van der Waals surface area contributed by atoms with E-state index in [4.69, 9.17) is 0 Å². The molecule has 7 nitrogen and oxygen atoms in total. The van der Waals surface area contributed by atoms with Crippen LogP contribution >= 0.6 is 0 Å². The van der Waals surface area contributed by atoms with E-state index in [9.17, 15) is 9.59 Å². The summed E-state index contributed by atoms with van der Waals surface area (Å²) in [6, 6.07) is 0. The van der Waals surface area contributed by atoms with E-state index in [1.165, 1.54) is 11.0 Å². The fourth-order valence-electron chi connectivity index (χ4n) is 3.09. The van der Waals surface area contributed by atoms with Gasteiger partial charge < -0.3 is 9.47 Å². The second kappa shape index (κ2) is 5.98. The molecule has 1 saturated heterocycles. The maximum absolute atomic E-state index is 12.3. The first-order valence-electron chi connectivity index (χ1n) is 8.08. The van der Waals surface area contributed by atoms with Crippen LogP contribution in [0.15, 0.2) is 9.59 Å². The van der Waals surface area contributed by atoms with E-state index < -0.39 is 5.69 Å². The molecule has 1 fully saturated rings. The number of nitrogens with one attached hydrogen (secondary N) is 1. The van der Waals surface area contributed by atoms with Crippen molar-refractivity contribution < 1.29 is 0 Å². The van der Waals surface area contributed by atoms with Gasteiger partial charge >= 0.3 is 5.69 Å². The number of unbranched alkanes of at least 4 members (excludes halogenated alkanes) is 1. The molecule has 120 valence electrons. The number of H-pyrrole nitrogens is 1. The largest absolute Gasteiger partial charge is 0.342 e. The van der Waals surface area contributed by atoms with Gasteiger partial charge in [-0.1, -0.05) is 13.3 Å². The molecule has 1 N–H and O–H groups in total. The Bertz CT molecular complexity index is 780. The highest BCUT2D eigenvalue weighted by Crippen LogP contribution is 2.23. The minimum absolute atomic E-state index is 0.343. The number of aromatic amines is 1. The van der Waals surface area contributed by atoms with Crippen molar-refractivity contribution in [2.24, 2.45) is 7.05 Å². The maximum Gasteiger partial charge on any atom is 0.329 e. The van der Waals surface area contributed by atoms with Gasteiger partial charge in [0.15, 0.2) is 11.2 Å². The molecule has 0 atom stereocenters. The third-order valence-electron chi connectivity index (χ3n) is 4.36. The van der Waals surface area contributed by atoms with E-state index in [0.717, 1.165) is 51.3 Å². The number of fused-ring (bicyclic) bond motifs is 1. The molecule has 0 amide bonds. The Labute approximate surface area is 128 Å². The van der Waals surface area contributed by atoms with Gasteiger partial charge in [-0.25, -0.2) is 4.79 Å². The molecule has 0 bridgehead atoms. The zero-order valence-electron chi connectivity index (χ0n) is 13.3. The second-order valence-corrected chi connectivity index (χ2v) is 5.96. The fourth-order valence-corrected chi connectivity index (χ4v) is 3.09. The monoisotopic (exact) mass is 305 g/mol. The summed E-state index contributed by atoms with van der Waals surface area (Å²) in [4.78, 5) is 33.4. The Morgan fingerprint density at radius 1 is 1.18 bits per heavy atom. The van der Waals surface area contributed by atoms with Crippen molar-refractivity contribution in [3.05, 3.63) is 20.8 Å². The Hall–Kier alpha value is -2.05. The van der Waals surface area contributed by atoms with E-state index in [1.54, 1.807) is 7.05 Å². The highest BCUT2D eigenvalue weighted by Gasteiger charge is 2.22. The van der Waals surface area contributed by atoms with Gasteiger partial charge in [0.1, 0.15) is 0 Å². The number of aryl methyl sites for hydroxylation is 2. The molecule has 3 heterocycles. The van der Waals surface area contributed by atoms with Crippen molar-refractivity contribution in [1.29, 1.82) is 0 Å². The van der Waals surface area contributed by atoms with Crippen molar-refractivity contribution in [3.8, 4) is 0 Å². The number of piperidine rings is 1. The first-order valence-corrected chi connectivity index (χ1v) is 8.08. The SMILES string of the molecule is CCCCn1c(N2CCCCC2)nc2c1c(=O)[nH]c(=O)n2C. The van der Waals surface area contributed by atoms with E-state index in [2.05, 4.69) is 21.8 Å². The van der Waals surface area contributed by atoms with Gasteiger partial charge in [0.05, 0.1) is 0 Å². The standard InChI is InChI=1S/C15H23N5O2/c1-3-4-10-20-11-12(18(2)15(22)17-13(11)21)16-14(20)19-8-6-5-7-9-19/h3-10H2,1-2H3,(H,17,21,22). The summed E-state index contributed by atoms with van der Waals surface area (Å²) in [6.07, 6.45) is 5.56. The summed E-state index contributed by atoms with van der Waals surface area (Å²) in [5.74, 6) is 0.829. The van der Waals surface area contributed by atoms with E-state index in [-0.39, 0.29) is 5.56 Å². The van der Waals surface area contributed by atoms with Crippen LogP contribution in [0.1, 0.15) is 39.0 Å². The first kappa shape index (κ1) is 14.9. The van der Waals surface area contributed by atoms with Crippen LogP contribution in [0.3, 0.4) is 0 Å². The lowest BCUT2D eigenvalue weighted by Crippen LogP contribution is -2.32. The average molecular weight is 305 g/mol. The Balaban J connectivity index is 2.21. The van der Waals surface area contributed by atoms with Gasteiger partial charge in [-0.15, -0.1) is 0 Å². The van der Waals surface area contributed by atoms with E-state index >= 15 is 0 Å². The third-order valence-corrected chi connectivity index (χ3v) is 4.36. The minimum Gasteiger partial charge on any atom is -0.342 e. The Morgan fingerprint density at radius 3 is 2.59 bits per heavy atom. The molecule has 7 heteroatoms. The topological polar surface area (TPSA) is 75.9 Å². The number of rotatable bonds is 4. The van der Waals surface area contributed by atoms with E-state index in [0.29, 0.717) is 11.2 Å². The number of anilines is 1. The highest BCUT2D eigenvalue weighted by atomic mass is 16.2. The van der Waals surface area contributed by atoms with Crippen molar-refractivity contribution in [2.45, 2.75) is 45.6 Å². The molecule has 2 aromatic rings. The molecule has 0 unspecified atom stereocenters. The number of hydrogen-bond donors (Lipinski definition) is 1. The molecule has 0 saturated carbocycles. The van der Waals surface area contributed by atoms with Gasteiger partial charge in [0.25, 0.3) is 5.56 Å². The van der Waals surface area contributed by atoms with Crippen LogP contribution in [-0.4, -0.2) is 32.2 Å². The van der Waals surface area contributed by atoms with Crippen LogP contribution in [0.4, 0.5) is 5.95 Å². The number of imidazole rings is 1. The summed E-state index contributed by atoms with van der Waals surface area (Å²) < 4.78 is 3.41. The summed E-state index contributed by atoms with van der Waals surface area (Å²) in [6.45, 7) is 4.79. The molecule has 0 aromatic carbocycles. The molecular formula is C15H23N5O2. The molecular weight excluding hydrogens is 282 g/mol. The van der Waals surface area contributed by atoms with Crippen LogP contribution in [0.2, 0.25) is 0 Å². The third kappa shape index (κ3) is 2.44. The summed E-state index contributed by atoms with van der Waals surface area (Å²) in [5.41, 5.74) is 0.231. The predicted molar refractivity (Wildman–Crippen MR) is 86.6 cm³/mol. The summed E-state index contributed by atoms with van der Waals surface area (Å²) in [7, 11) is 1.65. The molecule has 1 aliphatic heterocycles. The number of nitrogens with zero attached hydrogens (tertiary/aromatic N) is 4. The first-order chi connectivity index (χ1) is 10.6.